The van der Waals surface area contributed by atoms with E-state index in [1.807, 2.05) is 13.8 Å². The summed E-state index contributed by atoms with van der Waals surface area (Å²) >= 11 is 0. The molecule has 2 N–H and O–H groups in total. The van der Waals surface area contributed by atoms with Gasteiger partial charge in [-0.25, -0.2) is 4.98 Å². The van der Waals surface area contributed by atoms with Gasteiger partial charge in [0.25, 0.3) is 0 Å². The molecule has 0 bridgehead atoms. The Balaban J connectivity index is 2.22. The van der Waals surface area contributed by atoms with E-state index in [2.05, 4.69) is 9.97 Å². The molecule has 1 aliphatic carbocycles. The molecule has 0 aromatic carbocycles. The van der Waals surface area contributed by atoms with Crippen LogP contribution in [-0.4, -0.2) is 21.0 Å². The van der Waals surface area contributed by atoms with Gasteiger partial charge >= 0.3 is 5.97 Å². The van der Waals surface area contributed by atoms with Crippen LogP contribution in [0.5, 0.6) is 0 Å². The summed E-state index contributed by atoms with van der Waals surface area (Å²) in [6.45, 7) is 3.89. The molecule has 1 fully saturated rings. The van der Waals surface area contributed by atoms with Gasteiger partial charge in [-0.3, -0.25) is 4.79 Å². The molecule has 100 valence electrons. The number of aromatic amines is 1. The lowest BCUT2D eigenvalue weighted by Gasteiger charge is -2.20. The summed E-state index contributed by atoms with van der Waals surface area (Å²) in [5, 5.41) is 9.18. The molecule has 4 heteroatoms. The summed E-state index contributed by atoms with van der Waals surface area (Å²) in [6.07, 6.45) is 6.81. The van der Waals surface area contributed by atoms with E-state index in [9.17, 15) is 9.90 Å². The molecule has 1 aromatic rings. The van der Waals surface area contributed by atoms with Crippen molar-refractivity contribution in [3.63, 3.8) is 0 Å². The maximum atomic E-state index is 11.2. The van der Waals surface area contributed by atoms with Crippen molar-refractivity contribution < 1.29 is 9.90 Å². The molecular formula is C14H22N2O2. The van der Waals surface area contributed by atoms with Crippen LogP contribution in [0.4, 0.5) is 0 Å². The number of rotatable bonds is 4. The number of nitrogens with zero attached hydrogens (tertiary/aromatic N) is 1. The number of carboxylic acids is 1. The quantitative estimate of drug-likeness (QED) is 0.861. The van der Waals surface area contributed by atoms with Gasteiger partial charge in [0.1, 0.15) is 11.7 Å². The summed E-state index contributed by atoms with van der Waals surface area (Å²) in [6, 6.07) is 0. The van der Waals surface area contributed by atoms with E-state index >= 15 is 0 Å². The van der Waals surface area contributed by atoms with Gasteiger partial charge in [-0.1, -0.05) is 26.2 Å². The topological polar surface area (TPSA) is 66.0 Å². The van der Waals surface area contributed by atoms with Gasteiger partial charge < -0.3 is 10.1 Å². The van der Waals surface area contributed by atoms with Gasteiger partial charge in [-0.15, -0.1) is 0 Å². The van der Waals surface area contributed by atoms with E-state index in [0.29, 0.717) is 18.2 Å². The molecule has 0 saturated heterocycles. The second kappa shape index (κ2) is 5.55. The zero-order valence-electron chi connectivity index (χ0n) is 11.2. The Morgan fingerprint density at radius 3 is 2.67 bits per heavy atom. The van der Waals surface area contributed by atoms with E-state index < -0.39 is 11.9 Å². The molecule has 0 spiro atoms. The van der Waals surface area contributed by atoms with E-state index in [4.69, 9.17) is 0 Å². The molecule has 1 heterocycles. The molecule has 1 atom stereocenters. The first-order valence-electron chi connectivity index (χ1n) is 6.92. The Hall–Kier alpha value is -1.32. The lowest BCUT2D eigenvalue weighted by molar-refractivity contribution is -0.139. The third-order valence-corrected chi connectivity index (χ3v) is 3.97. The van der Waals surface area contributed by atoms with E-state index in [-0.39, 0.29) is 0 Å². The first-order valence-corrected chi connectivity index (χ1v) is 6.92. The number of hydrogen-bond acceptors (Lipinski definition) is 2. The molecule has 0 amide bonds. The first-order chi connectivity index (χ1) is 8.63. The molecule has 1 aromatic heterocycles. The van der Waals surface area contributed by atoms with Crippen molar-refractivity contribution in [2.45, 2.75) is 64.2 Å². The fraction of sp³-hybridized carbons (Fsp3) is 0.714. The molecule has 0 aliphatic heterocycles. The van der Waals surface area contributed by atoms with Gasteiger partial charge in [0, 0.05) is 11.6 Å². The zero-order chi connectivity index (χ0) is 13.1. The van der Waals surface area contributed by atoms with Gasteiger partial charge in [0.15, 0.2) is 0 Å². The summed E-state index contributed by atoms with van der Waals surface area (Å²) in [4.78, 5) is 18.9. The molecule has 0 radical (unpaired) electrons. The number of nitrogens with one attached hydrogen (secondary N) is 1. The van der Waals surface area contributed by atoms with E-state index in [1.54, 1.807) is 0 Å². The van der Waals surface area contributed by atoms with Crippen LogP contribution >= 0.6 is 0 Å². The minimum atomic E-state index is -0.790. The van der Waals surface area contributed by atoms with Gasteiger partial charge in [-0.05, 0) is 26.2 Å². The molecule has 1 unspecified atom stereocenters. The normalized spacial score (nSPS) is 18.8. The Labute approximate surface area is 108 Å². The largest absolute Gasteiger partial charge is 0.481 e. The third kappa shape index (κ3) is 2.57. The Kier molecular flexibility index (Phi) is 4.04. The third-order valence-electron chi connectivity index (χ3n) is 3.97. The predicted molar refractivity (Wildman–Crippen MR) is 69.8 cm³/mol. The highest BCUT2D eigenvalue weighted by atomic mass is 16.4. The lowest BCUT2D eigenvalue weighted by atomic mass is 9.86. The zero-order valence-corrected chi connectivity index (χ0v) is 11.2. The summed E-state index contributed by atoms with van der Waals surface area (Å²) in [7, 11) is 0. The number of H-pyrrole nitrogens is 1. The van der Waals surface area contributed by atoms with Crippen molar-refractivity contribution in [3.8, 4) is 0 Å². The Morgan fingerprint density at radius 1 is 1.44 bits per heavy atom. The van der Waals surface area contributed by atoms with Crippen molar-refractivity contribution in [1.29, 1.82) is 0 Å². The summed E-state index contributed by atoms with van der Waals surface area (Å²) < 4.78 is 0. The van der Waals surface area contributed by atoms with Crippen molar-refractivity contribution in [1.82, 2.24) is 9.97 Å². The maximum absolute atomic E-state index is 11.2. The number of carbonyl (C=O) groups is 1. The Morgan fingerprint density at radius 2 is 2.11 bits per heavy atom. The van der Waals surface area contributed by atoms with Crippen LogP contribution in [0.25, 0.3) is 0 Å². The second-order valence-corrected chi connectivity index (χ2v) is 5.27. The van der Waals surface area contributed by atoms with Crippen molar-refractivity contribution in [3.05, 3.63) is 17.2 Å². The molecule has 1 saturated carbocycles. The monoisotopic (exact) mass is 250 g/mol. The molecule has 1 aliphatic rings. The summed E-state index contributed by atoms with van der Waals surface area (Å²) in [5.74, 6) is -0.138. The highest BCUT2D eigenvalue weighted by Gasteiger charge is 2.25. The fourth-order valence-corrected chi connectivity index (χ4v) is 2.92. The number of aromatic nitrogens is 2. The van der Waals surface area contributed by atoms with Crippen LogP contribution in [0.15, 0.2) is 0 Å². The van der Waals surface area contributed by atoms with Gasteiger partial charge in [-0.2, -0.15) is 0 Å². The number of aliphatic carboxylic acids is 1. The average molecular weight is 250 g/mol. The van der Waals surface area contributed by atoms with Gasteiger partial charge in [0.2, 0.25) is 0 Å². The number of carboxylic acid groups (broad SMARTS) is 1. The fourth-order valence-electron chi connectivity index (χ4n) is 2.92. The highest BCUT2D eigenvalue weighted by molar-refractivity contribution is 5.74. The van der Waals surface area contributed by atoms with E-state index in [1.165, 1.54) is 32.1 Å². The lowest BCUT2D eigenvalue weighted by Crippen LogP contribution is -2.12. The minimum absolute atomic E-state index is 0.499. The van der Waals surface area contributed by atoms with Crippen LogP contribution in [0.2, 0.25) is 0 Å². The van der Waals surface area contributed by atoms with Crippen LogP contribution in [-0.2, 0) is 4.79 Å². The first kappa shape index (κ1) is 13.1. The SMILES string of the molecule is CCC(C(=O)O)c1nc(C2CCCCC2)c(C)[nH]1. The predicted octanol–water partition coefficient (Wildman–Crippen LogP) is 3.34. The Bertz CT molecular complexity index is 419. The number of hydrogen-bond donors (Lipinski definition) is 2. The summed E-state index contributed by atoms with van der Waals surface area (Å²) in [5.41, 5.74) is 2.15. The van der Waals surface area contributed by atoms with Crippen LogP contribution < -0.4 is 0 Å². The van der Waals surface area contributed by atoms with Crippen LogP contribution in [0.3, 0.4) is 0 Å². The number of aryl methyl sites for hydroxylation is 1. The maximum Gasteiger partial charge on any atom is 0.314 e. The van der Waals surface area contributed by atoms with Crippen molar-refractivity contribution >= 4 is 5.97 Å². The highest BCUT2D eigenvalue weighted by Crippen LogP contribution is 2.34. The van der Waals surface area contributed by atoms with Crippen LogP contribution in [0.1, 0.15) is 74.5 Å². The molecule has 18 heavy (non-hydrogen) atoms. The standard InChI is InChI=1S/C14H22N2O2/c1-3-11(14(17)18)13-15-9(2)12(16-13)10-7-5-4-6-8-10/h10-11H,3-8H2,1-2H3,(H,15,16)(H,17,18). The number of imidazole rings is 1. The second-order valence-electron chi connectivity index (χ2n) is 5.27. The average Bonchev–Trinajstić information content (AvgIpc) is 2.73. The van der Waals surface area contributed by atoms with Crippen molar-refractivity contribution in [2.75, 3.05) is 0 Å². The van der Waals surface area contributed by atoms with E-state index in [0.717, 1.165) is 11.4 Å². The van der Waals surface area contributed by atoms with Gasteiger partial charge in [0.05, 0.1) is 5.69 Å². The van der Waals surface area contributed by atoms with Crippen molar-refractivity contribution in [2.24, 2.45) is 0 Å². The molecule has 4 nitrogen and oxygen atoms in total. The smallest absolute Gasteiger partial charge is 0.314 e. The molecule has 2 rings (SSSR count). The molecular weight excluding hydrogens is 228 g/mol. The minimum Gasteiger partial charge on any atom is -0.481 e. The van der Waals surface area contributed by atoms with Crippen LogP contribution in [0, 0.1) is 6.92 Å².